The van der Waals surface area contributed by atoms with Gasteiger partial charge in [-0.15, -0.1) is 0 Å². The van der Waals surface area contributed by atoms with Gasteiger partial charge in [-0.2, -0.15) is 0 Å². The van der Waals surface area contributed by atoms with Crippen LogP contribution in [0, 0.1) is 0 Å². The Morgan fingerprint density at radius 1 is 0.857 bits per heavy atom. The highest BCUT2D eigenvalue weighted by atomic mass is 16.5. The summed E-state index contributed by atoms with van der Waals surface area (Å²) in [6.07, 6.45) is 0.565. The molecule has 3 aromatic carbocycles. The lowest BCUT2D eigenvalue weighted by molar-refractivity contribution is 0.0496. The van der Waals surface area contributed by atoms with Gasteiger partial charge in [-0.3, -0.25) is 4.57 Å². The maximum absolute atomic E-state index is 12.2. The molecule has 140 valence electrons. The molecule has 5 heteroatoms. The molecule has 0 spiro atoms. The van der Waals surface area contributed by atoms with Gasteiger partial charge in [-0.1, -0.05) is 54.6 Å². The van der Waals surface area contributed by atoms with Crippen LogP contribution in [0.4, 0.5) is 0 Å². The first-order valence-corrected chi connectivity index (χ1v) is 9.22. The number of hydrogen-bond donors (Lipinski definition) is 1. The Morgan fingerprint density at radius 3 is 2.32 bits per heavy atom. The van der Waals surface area contributed by atoms with E-state index in [1.54, 1.807) is 16.7 Å². The number of fused-ring (bicyclic) bond motifs is 1. The number of hydrogen-bond acceptors (Lipinski definition) is 3. The second kappa shape index (κ2) is 7.96. The van der Waals surface area contributed by atoms with Crippen molar-refractivity contribution in [1.82, 2.24) is 9.55 Å². The zero-order chi connectivity index (χ0) is 19.3. The van der Waals surface area contributed by atoms with Gasteiger partial charge in [0.2, 0.25) is 0 Å². The second-order valence-corrected chi connectivity index (χ2v) is 6.53. The Morgan fingerprint density at radius 2 is 1.54 bits per heavy atom. The number of imidazole rings is 1. The fourth-order valence-electron chi connectivity index (χ4n) is 3.23. The van der Waals surface area contributed by atoms with Gasteiger partial charge in [0, 0.05) is 6.54 Å². The number of para-hydroxylation sites is 2. The highest BCUT2D eigenvalue weighted by Gasteiger charge is 2.09. The van der Waals surface area contributed by atoms with Crippen molar-refractivity contribution in [3.05, 3.63) is 94.9 Å². The van der Waals surface area contributed by atoms with Crippen molar-refractivity contribution in [2.75, 3.05) is 6.61 Å². The summed E-state index contributed by atoms with van der Waals surface area (Å²) in [6.45, 7) is 0.744. The van der Waals surface area contributed by atoms with E-state index in [4.69, 9.17) is 4.74 Å². The largest absolute Gasteiger partial charge is 0.462 e. The molecule has 0 aliphatic rings. The van der Waals surface area contributed by atoms with Crippen LogP contribution >= 0.6 is 0 Å². The van der Waals surface area contributed by atoms with Crippen molar-refractivity contribution in [3.8, 4) is 11.1 Å². The van der Waals surface area contributed by atoms with Crippen molar-refractivity contribution < 1.29 is 9.53 Å². The molecule has 0 bridgehead atoms. The number of benzene rings is 3. The van der Waals surface area contributed by atoms with Gasteiger partial charge in [-0.05, 0) is 41.8 Å². The number of aromatic nitrogens is 2. The number of nitrogens with one attached hydrogen (secondary N) is 1. The number of aromatic amines is 1. The third-order valence-electron chi connectivity index (χ3n) is 4.67. The number of carbonyl (C=O) groups excluding carboxylic acids is 1. The maximum Gasteiger partial charge on any atom is 0.338 e. The molecule has 0 amide bonds. The summed E-state index contributed by atoms with van der Waals surface area (Å²) in [5.74, 6) is -0.356. The molecule has 0 radical (unpaired) electrons. The molecule has 1 heterocycles. The average Bonchev–Trinajstić information content (AvgIpc) is 3.07. The average molecular weight is 372 g/mol. The molecule has 4 aromatic rings. The lowest BCUT2D eigenvalue weighted by Gasteiger charge is -2.07. The number of rotatable bonds is 6. The van der Waals surface area contributed by atoms with Crippen LogP contribution < -0.4 is 5.69 Å². The molecular weight excluding hydrogens is 352 g/mol. The molecule has 0 saturated heterocycles. The fourth-order valence-corrected chi connectivity index (χ4v) is 3.23. The first kappa shape index (κ1) is 17.8. The number of nitrogens with zero attached hydrogens (tertiary/aromatic N) is 1. The normalized spacial score (nSPS) is 10.9. The lowest BCUT2D eigenvalue weighted by Crippen LogP contribution is -2.18. The fraction of sp³-hybridized carbons (Fsp3) is 0.130. The van der Waals surface area contributed by atoms with E-state index < -0.39 is 0 Å². The van der Waals surface area contributed by atoms with Crippen molar-refractivity contribution in [2.24, 2.45) is 0 Å². The summed E-state index contributed by atoms with van der Waals surface area (Å²) in [4.78, 5) is 27.1. The zero-order valence-corrected chi connectivity index (χ0v) is 15.3. The van der Waals surface area contributed by atoms with Crippen molar-refractivity contribution in [3.63, 3.8) is 0 Å². The van der Waals surface area contributed by atoms with Crippen LogP contribution in [0.2, 0.25) is 0 Å². The van der Waals surface area contributed by atoms with Crippen LogP contribution in [0.3, 0.4) is 0 Å². The van der Waals surface area contributed by atoms with Crippen molar-refractivity contribution in [1.29, 1.82) is 0 Å². The monoisotopic (exact) mass is 372 g/mol. The molecular formula is C23H20N2O3. The number of aryl methyl sites for hydroxylation is 1. The van der Waals surface area contributed by atoms with Gasteiger partial charge in [0.05, 0.1) is 23.2 Å². The van der Waals surface area contributed by atoms with Gasteiger partial charge in [0.15, 0.2) is 0 Å². The predicted molar refractivity (Wildman–Crippen MR) is 109 cm³/mol. The quantitative estimate of drug-likeness (QED) is 0.407. The van der Waals surface area contributed by atoms with E-state index in [2.05, 4.69) is 4.98 Å². The maximum atomic E-state index is 12.2. The Balaban J connectivity index is 1.33. The van der Waals surface area contributed by atoms with E-state index in [1.807, 2.05) is 66.7 Å². The van der Waals surface area contributed by atoms with Crippen LogP contribution in [0.25, 0.3) is 22.2 Å². The first-order chi connectivity index (χ1) is 13.7. The van der Waals surface area contributed by atoms with E-state index in [0.717, 1.165) is 22.2 Å². The van der Waals surface area contributed by atoms with Crippen LogP contribution in [0.1, 0.15) is 16.8 Å². The molecule has 0 aliphatic heterocycles. The van der Waals surface area contributed by atoms with E-state index in [9.17, 15) is 9.59 Å². The molecule has 0 fully saturated rings. The summed E-state index contributed by atoms with van der Waals surface area (Å²) in [6, 6.07) is 24.9. The SMILES string of the molecule is O=C(OCCCn1c(=O)[nH]c2ccccc21)c1ccc(-c2ccccc2)cc1. The lowest BCUT2D eigenvalue weighted by atomic mass is 10.0. The molecule has 28 heavy (non-hydrogen) atoms. The number of H-pyrrole nitrogens is 1. The molecule has 1 N–H and O–H groups in total. The van der Waals surface area contributed by atoms with Crippen molar-refractivity contribution in [2.45, 2.75) is 13.0 Å². The van der Waals surface area contributed by atoms with E-state index in [-0.39, 0.29) is 18.3 Å². The van der Waals surface area contributed by atoms with Crippen LogP contribution in [0.5, 0.6) is 0 Å². The van der Waals surface area contributed by atoms with E-state index >= 15 is 0 Å². The minimum Gasteiger partial charge on any atom is -0.462 e. The third-order valence-corrected chi connectivity index (χ3v) is 4.67. The molecule has 0 atom stereocenters. The summed E-state index contributed by atoms with van der Waals surface area (Å²) in [5.41, 5.74) is 4.19. The number of ether oxygens (including phenoxy) is 1. The molecule has 0 saturated carbocycles. The van der Waals surface area contributed by atoms with Gasteiger partial charge < -0.3 is 9.72 Å². The van der Waals surface area contributed by atoms with Gasteiger partial charge in [0.1, 0.15) is 0 Å². The molecule has 0 unspecified atom stereocenters. The smallest absolute Gasteiger partial charge is 0.338 e. The van der Waals surface area contributed by atoms with Gasteiger partial charge in [0.25, 0.3) is 0 Å². The number of carbonyl (C=O) groups is 1. The third kappa shape index (κ3) is 3.74. The minimum absolute atomic E-state index is 0.149. The standard InChI is InChI=1S/C23H20N2O3/c26-22(19-13-11-18(12-14-19)17-7-2-1-3-8-17)28-16-6-15-25-21-10-5-4-9-20(21)24-23(25)27/h1-5,7-14H,6,15-16H2,(H,24,27). The van der Waals surface area contributed by atoms with E-state index in [1.165, 1.54) is 0 Å². The highest BCUT2D eigenvalue weighted by molar-refractivity contribution is 5.90. The minimum atomic E-state index is -0.356. The van der Waals surface area contributed by atoms with Crippen LogP contribution in [0.15, 0.2) is 83.7 Å². The Bertz CT molecular complexity index is 1140. The Kier molecular flexibility index (Phi) is 5.06. The van der Waals surface area contributed by atoms with Crippen molar-refractivity contribution >= 4 is 17.0 Å². The zero-order valence-electron chi connectivity index (χ0n) is 15.3. The van der Waals surface area contributed by atoms with E-state index in [0.29, 0.717) is 18.5 Å². The summed E-state index contributed by atoms with van der Waals surface area (Å²) in [5, 5.41) is 0. The molecule has 5 nitrogen and oxygen atoms in total. The topological polar surface area (TPSA) is 64.1 Å². The number of esters is 1. The van der Waals surface area contributed by atoms with Crippen LogP contribution in [-0.2, 0) is 11.3 Å². The summed E-state index contributed by atoms with van der Waals surface area (Å²) >= 11 is 0. The van der Waals surface area contributed by atoms with Gasteiger partial charge in [-0.25, -0.2) is 9.59 Å². The highest BCUT2D eigenvalue weighted by Crippen LogP contribution is 2.19. The Hall–Kier alpha value is -3.60. The Labute approximate surface area is 162 Å². The van der Waals surface area contributed by atoms with Crippen LogP contribution in [-0.4, -0.2) is 22.1 Å². The summed E-state index contributed by atoms with van der Waals surface area (Å²) < 4.78 is 7.02. The molecule has 0 aliphatic carbocycles. The second-order valence-electron chi connectivity index (χ2n) is 6.53. The van der Waals surface area contributed by atoms with Gasteiger partial charge >= 0.3 is 11.7 Å². The summed E-state index contributed by atoms with van der Waals surface area (Å²) in [7, 11) is 0. The molecule has 4 rings (SSSR count). The first-order valence-electron chi connectivity index (χ1n) is 9.22. The molecule has 1 aromatic heterocycles. The predicted octanol–water partition coefficient (Wildman–Crippen LogP) is 4.24.